The van der Waals surface area contributed by atoms with E-state index in [1.807, 2.05) is 24.3 Å². The average Bonchev–Trinajstić information content (AvgIpc) is 3.05. The third-order valence-corrected chi connectivity index (χ3v) is 4.89. The van der Waals surface area contributed by atoms with E-state index < -0.39 is 0 Å². The molecule has 3 rings (SSSR count). The Morgan fingerprint density at radius 1 is 1.35 bits per heavy atom. The van der Waals surface area contributed by atoms with Crippen molar-refractivity contribution >= 4 is 17.5 Å². The Kier molecular flexibility index (Phi) is 5.70. The monoisotopic (exact) mass is 333 g/mol. The number of hydrazine groups is 1. The molecule has 0 saturated carbocycles. The molecule has 2 atom stereocenters. The summed E-state index contributed by atoms with van der Waals surface area (Å²) in [5.74, 6) is -0.0160. The Morgan fingerprint density at radius 3 is 3.04 bits per heavy atom. The van der Waals surface area contributed by atoms with Gasteiger partial charge in [0.1, 0.15) is 0 Å². The zero-order chi connectivity index (χ0) is 16.1. The highest BCUT2D eigenvalue weighted by atomic mass is 35.5. The molecule has 124 valence electrons. The molecule has 2 aliphatic rings. The number of hydrogen-bond donors (Lipinski definition) is 3. The number of carbonyl (C=O) groups is 1. The predicted octanol–water partition coefficient (Wildman–Crippen LogP) is 3.11. The molecule has 4 nitrogen and oxygen atoms in total. The van der Waals surface area contributed by atoms with Gasteiger partial charge >= 0.3 is 0 Å². The third-order valence-electron chi connectivity index (χ3n) is 4.66. The minimum Gasteiger partial charge on any atom is -0.355 e. The van der Waals surface area contributed by atoms with Gasteiger partial charge in [-0.3, -0.25) is 10.2 Å². The highest BCUT2D eigenvalue weighted by molar-refractivity contribution is 6.30. The van der Waals surface area contributed by atoms with Crippen molar-refractivity contribution in [3.8, 4) is 0 Å². The van der Waals surface area contributed by atoms with Crippen LogP contribution in [0.25, 0.3) is 0 Å². The molecule has 1 heterocycles. The van der Waals surface area contributed by atoms with Gasteiger partial charge in [-0.05, 0) is 49.8 Å². The Bertz CT molecular complexity index is 587. The van der Waals surface area contributed by atoms with E-state index >= 15 is 0 Å². The highest BCUT2D eigenvalue weighted by Crippen LogP contribution is 2.27. The van der Waals surface area contributed by atoms with Crippen LogP contribution in [0, 0.1) is 5.92 Å². The molecule has 0 spiro atoms. The van der Waals surface area contributed by atoms with E-state index in [9.17, 15) is 4.79 Å². The highest BCUT2D eigenvalue weighted by Gasteiger charge is 2.33. The zero-order valence-corrected chi connectivity index (χ0v) is 14.0. The number of carbonyl (C=O) groups excluding carboxylic acids is 1. The van der Waals surface area contributed by atoms with Crippen LogP contribution in [0.15, 0.2) is 35.9 Å². The molecule has 2 unspecified atom stereocenters. The molecular formula is C18H24ClN3O. The number of rotatable bonds is 5. The predicted molar refractivity (Wildman–Crippen MR) is 93.0 cm³/mol. The lowest BCUT2D eigenvalue weighted by Gasteiger charge is -2.19. The van der Waals surface area contributed by atoms with Crippen LogP contribution in [0.3, 0.4) is 0 Å². The first-order valence-electron chi connectivity index (χ1n) is 8.43. The fraction of sp³-hybridized carbons (Fsp3) is 0.500. The first kappa shape index (κ1) is 16.5. The normalized spacial score (nSPS) is 24.3. The Morgan fingerprint density at radius 2 is 2.26 bits per heavy atom. The van der Waals surface area contributed by atoms with Gasteiger partial charge in [0.15, 0.2) is 0 Å². The third kappa shape index (κ3) is 4.34. The summed E-state index contributed by atoms with van der Waals surface area (Å²) in [7, 11) is 0. The van der Waals surface area contributed by atoms with Crippen molar-refractivity contribution in [2.75, 3.05) is 13.1 Å². The Balaban J connectivity index is 1.54. The fourth-order valence-corrected chi connectivity index (χ4v) is 3.56. The van der Waals surface area contributed by atoms with Gasteiger partial charge in [0.2, 0.25) is 5.91 Å². The lowest BCUT2D eigenvalue weighted by molar-refractivity contribution is -0.124. The summed E-state index contributed by atoms with van der Waals surface area (Å²) in [5.41, 5.74) is 8.82. The molecule has 5 heteroatoms. The Hall–Kier alpha value is -1.36. The number of allylic oxidation sites excluding steroid dienone is 1. The van der Waals surface area contributed by atoms with E-state index in [-0.39, 0.29) is 17.9 Å². The molecule has 1 aromatic rings. The molecule has 1 aromatic carbocycles. The second kappa shape index (κ2) is 7.95. The first-order valence-corrected chi connectivity index (χ1v) is 8.81. The van der Waals surface area contributed by atoms with Crippen molar-refractivity contribution in [3.05, 3.63) is 46.5 Å². The van der Waals surface area contributed by atoms with Crippen LogP contribution in [0.2, 0.25) is 5.02 Å². The van der Waals surface area contributed by atoms with Gasteiger partial charge in [-0.25, -0.2) is 5.43 Å². The maximum absolute atomic E-state index is 12.5. The van der Waals surface area contributed by atoms with E-state index in [1.54, 1.807) is 0 Å². The number of halogens is 1. The summed E-state index contributed by atoms with van der Waals surface area (Å²) in [6.07, 6.45) is 8.28. The number of hydrogen-bond acceptors (Lipinski definition) is 3. The number of benzene rings is 1. The SMILES string of the molecule is O=C(NCCC1=CCCCC1)C1CNNC1c1cccc(Cl)c1. The summed E-state index contributed by atoms with van der Waals surface area (Å²) in [4.78, 5) is 12.5. The van der Waals surface area contributed by atoms with Crippen LogP contribution in [0.5, 0.6) is 0 Å². The van der Waals surface area contributed by atoms with E-state index in [2.05, 4.69) is 22.2 Å². The topological polar surface area (TPSA) is 53.2 Å². The van der Waals surface area contributed by atoms with Crippen molar-refractivity contribution in [2.45, 2.75) is 38.1 Å². The number of amides is 1. The van der Waals surface area contributed by atoms with Crippen molar-refractivity contribution in [3.63, 3.8) is 0 Å². The second-order valence-electron chi connectivity index (χ2n) is 6.31. The lowest BCUT2D eigenvalue weighted by Crippen LogP contribution is -2.35. The van der Waals surface area contributed by atoms with Gasteiger partial charge in [0, 0.05) is 18.1 Å². The van der Waals surface area contributed by atoms with Crippen LogP contribution in [0.4, 0.5) is 0 Å². The second-order valence-corrected chi connectivity index (χ2v) is 6.75. The van der Waals surface area contributed by atoms with Crippen LogP contribution in [0.1, 0.15) is 43.7 Å². The first-order chi connectivity index (χ1) is 11.2. The standard InChI is InChI=1S/C18H24ClN3O/c19-15-8-4-7-14(11-15)17-16(12-21-22-17)18(23)20-10-9-13-5-2-1-3-6-13/h4-5,7-8,11,16-17,21-22H,1-3,6,9-10,12H2,(H,20,23). The largest absolute Gasteiger partial charge is 0.355 e. The van der Waals surface area contributed by atoms with Crippen LogP contribution >= 0.6 is 11.6 Å². The molecule has 1 amide bonds. The summed E-state index contributed by atoms with van der Waals surface area (Å²) in [6, 6.07) is 7.65. The molecule has 3 N–H and O–H groups in total. The molecule has 1 aliphatic heterocycles. The maximum Gasteiger partial charge on any atom is 0.226 e. The molecule has 0 bridgehead atoms. The van der Waals surface area contributed by atoms with Gasteiger partial charge in [-0.1, -0.05) is 35.4 Å². The van der Waals surface area contributed by atoms with Gasteiger partial charge in [-0.15, -0.1) is 0 Å². The molecule has 1 fully saturated rings. The maximum atomic E-state index is 12.5. The summed E-state index contributed by atoms with van der Waals surface area (Å²) >= 11 is 6.07. The van der Waals surface area contributed by atoms with Gasteiger partial charge in [0.05, 0.1) is 12.0 Å². The van der Waals surface area contributed by atoms with Crippen molar-refractivity contribution < 1.29 is 4.79 Å². The molecule has 23 heavy (non-hydrogen) atoms. The van der Waals surface area contributed by atoms with Gasteiger partial charge < -0.3 is 5.32 Å². The molecular weight excluding hydrogens is 310 g/mol. The molecule has 1 aliphatic carbocycles. The van der Waals surface area contributed by atoms with Crippen molar-refractivity contribution in [1.29, 1.82) is 0 Å². The van der Waals surface area contributed by atoms with Crippen LogP contribution in [-0.4, -0.2) is 19.0 Å². The average molecular weight is 334 g/mol. The van der Waals surface area contributed by atoms with E-state index in [4.69, 9.17) is 11.6 Å². The fourth-order valence-electron chi connectivity index (χ4n) is 3.37. The van der Waals surface area contributed by atoms with Crippen molar-refractivity contribution in [2.24, 2.45) is 5.92 Å². The summed E-state index contributed by atoms with van der Waals surface area (Å²) in [6.45, 7) is 1.36. The zero-order valence-electron chi connectivity index (χ0n) is 13.3. The quantitative estimate of drug-likeness (QED) is 0.726. The molecule has 0 aromatic heterocycles. The van der Waals surface area contributed by atoms with E-state index in [0.29, 0.717) is 11.6 Å². The summed E-state index contributed by atoms with van der Waals surface area (Å²) in [5, 5.41) is 3.79. The number of nitrogens with one attached hydrogen (secondary N) is 3. The minimum absolute atomic E-state index is 0.0393. The van der Waals surface area contributed by atoms with Gasteiger partial charge in [0.25, 0.3) is 0 Å². The minimum atomic E-state index is -0.117. The molecule has 0 radical (unpaired) electrons. The van der Waals surface area contributed by atoms with Gasteiger partial charge in [-0.2, -0.15) is 0 Å². The van der Waals surface area contributed by atoms with Crippen LogP contribution in [-0.2, 0) is 4.79 Å². The summed E-state index contributed by atoms with van der Waals surface area (Å²) < 4.78 is 0. The van der Waals surface area contributed by atoms with E-state index in [1.165, 1.54) is 31.3 Å². The molecule has 1 saturated heterocycles. The van der Waals surface area contributed by atoms with Crippen LogP contribution < -0.4 is 16.2 Å². The Labute approximate surface area is 142 Å². The lowest BCUT2D eigenvalue weighted by atomic mass is 9.94. The van der Waals surface area contributed by atoms with Crippen molar-refractivity contribution in [1.82, 2.24) is 16.2 Å². The van der Waals surface area contributed by atoms with E-state index in [0.717, 1.165) is 18.5 Å². The smallest absolute Gasteiger partial charge is 0.226 e.